The molecule has 0 spiro atoms. The van der Waals surface area contributed by atoms with Crippen molar-refractivity contribution in [3.63, 3.8) is 0 Å². The van der Waals surface area contributed by atoms with Crippen molar-refractivity contribution in [1.82, 2.24) is 9.78 Å². The van der Waals surface area contributed by atoms with Crippen molar-refractivity contribution < 1.29 is 4.79 Å². The van der Waals surface area contributed by atoms with Gasteiger partial charge in [0, 0.05) is 12.7 Å². The number of nitrogens with one attached hydrogen (secondary N) is 1. The van der Waals surface area contributed by atoms with Crippen LogP contribution in [0.3, 0.4) is 0 Å². The number of anilines is 1. The summed E-state index contributed by atoms with van der Waals surface area (Å²) in [5.41, 5.74) is 6.74. The molecule has 1 aromatic heterocycles. The van der Waals surface area contributed by atoms with Crippen LogP contribution in [0.2, 0.25) is 0 Å². The van der Waals surface area contributed by atoms with Crippen LogP contribution in [0.25, 0.3) is 12.2 Å². The maximum atomic E-state index is 12.4. The Morgan fingerprint density at radius 2 is 1.77 bits per heavy atom. The molecule has 132 valence electrons. The number of benzene rings is 2. The lowest BCUT2D eigenvalue weighted by molar-refractivity contribution is 0.101. The average Bonchev–Trinajstić information content (AvgIpc) is 2.95. The van der Waals surface area contributed by atoms with E-state index in [0.29, 0.717) is 5.69 Å². The molecule has 0 unspecified atom stereocenters. The Hall–Kier alpha value is -3.14. The van der Waals surface area contributed by atoms with E-state index in [1.807, 2.05) is 38.1 Å². The third-order valence-corrected chi connectivity index (χ3v) is 4.38. The van der Waals surface area contributed by atoms with Crippen molar-refractivity contribution >= 4 is 23.7 Å². The largest absolute Gasteiger partial charge is 0.320 e. The molecule has 0 aliphatic carbocycles. The zero-order valence-corrected chi connectivity index (χ0v) is 15.6. The molecule has 0 aliphatic rings. The van der Waals surface area contributed by atoms with E-state index in [0.717, 1.165) is 22.5 Å². The van der Waals surface area contributed by atoms with Crippen LogP contribution in [-0.4, -0.2) is 15.7 Å². The Kier molecular flexibility index (Phi) is 5.03. The Morgan fingerprint density at radius 1 is 1.00 bits per heavy atom. The second-order valence-corrected chi connectivity index (χ2v) is 6.51. The van der Waals surface area contributed by atoms with Crippen molar-refractivity contribution in [2.45, 2.75) is 20.8 Å². The fraction of sp³-hybridized carbons (Fsp3) is 0.182. The van der Waals surface area contributed by atoms with E-state index in [4.69, 9.17) is 0 Å². The Labute approximate surface area is 154 Å². The number of hydrogen-bond acceptors (Lipinski definition) is 2. The molecular weight excluding hydrogens is 322 g/mol. The molecule has 1 heterocycles. The van der Waals surface area contributed by atoms with Crippen molar-refractivity contribution in [2.24, 2.45) is 7.05 Å². The summed E-state index contributed by atoms with van der Waals surface area (Å²) in [5, 5.41) is 7.18. The van der Waals surface area contributed by atoms with Gasteiger partial charge in [-0.1, -0.05) is 42.5 Å². The van der Waals surface area contributed by atoms with Crippen LogP contribution in [0.15, 0.2) is 48.5 Å². The van der Waals surface area contributed by atoms with E-state index in [-0.39, 0.29) is 5.91 Å². The Balaban J connectivity index is 1.76. The van der Waals surface area contributed by atoms with Crippen LogP contribution in [0, 0.1) is 20.8 Å². The number of aromatic nitrogens is 2. The van der Waals surface area contributed by atoms with Crippen LogP contribution in [0.1, 0.15) is 38.4 Å². The second kappa shape index (κ2) is 7.40. The predicted molar refractivity (Wildman–Crippen MR) is 107 cm³/mol. The van der Waals surface area contributed by atoms with Gasteiger partial charge in [0.2, 0.25) is 0 Å². The van der Waals surface area contributed by atoms with Crippen LogP contribution in [0.5, 0.6) is 0 Å². The first kappa shape index (κ1) is 17.7. The SMILES string of the molecule is Cc1cc(C(=O)Nc2ccc(C=Cc3ccccc3C)cc2C)n(C)n1. The number of aryl methyl sites for hydroxylation is 4. The monoisotopic (exact) mass is 345 g/mol. The first-order valence-electron chi connectivity index (χ1n) is 8.60. The number of rotatable bonds is 4. The van der Waals surface area contributed by atoms with Gasteiger partial charge in [0.1, 0.15) is 5.69 Å². The first-order chi connectivity index (χ1) is 12.4. The number of carbonyl (C=O) groups is 1. The van der Waals surface area contributed by atoms with E-state index < -0.39 is 0 Å². The van der Waals surface area contributed by atoms with E-state index in [1.54, 1.807) is 17.8 Å². The lowest BCUT2D eigenvalue weighted by atomic mass is 10.1. The molecule has 3 rings (SSSR count). The zero-order chi connectivity index (χ0) is 18.7. The number of nitrogens with zero attached hydrogens (tertiary/aromatic N) is 2. The summed E-state index contributed by atoms with van der Waals surface area (Å²) in [4.78, 5) is 12.4. The second-order valence-electron chi connectivity index (χ2n) is 6.51. The van der Waals surface area contributed by atoms with Gasteiger partial charge in [-0.25, -0.2) is 0 Å². The lowest BCUT2D eigenvalue weighted by Gasteiger charge is -2.09. The normalized spacial score (nSPS) is 11.1. The minimum atomic E-state index is -0.153. The predicted octanol–water partition coefficient (Wildman–Crippen LogP) is 4.77. The Morgan fingerprint density at radius 3 is 2.42 bits per heavy atom. The number of hydrogen-bond donors (Lipinski definition) is 1. The average molecular weight is 345 g/mol. The number of carbonyl (C=O) groups excluding carboxylic acids is 1. The molecule has 1 N–H and O–H groups in total. The molecule has 0 radical (unpaired) electrons. The van der Waals surface area contributed by atoms with Gasteiger partial charge in [0.15, 0.2) is 0 Å². The highest BCUT2D eigenvalue weighted by Gasteiger charge is 2.12. The molecule has 0 aliphatic heterocycles. The summed E-state index contributed by atoms with van der Waals surface area (Å²) in [6, 6.07) is 16.1. The van der Waals surface area contributed by atoms with E-state index >= 15 is 0 Å². The molecule has 4 heteroatoms. The Bertz CT molecular complexity index is 983. The zero-order valence-electron chi connectivity index (χ0n) is 15.6. The minimum absolute atomic E-state index is 0.153. The molecule has 1 amide bonds. The topological polar surface area (TPSA) is 46.9 Å². The van der Waals surface area contributed by atoms with Gasteiger partial charge in [-0.2, -0.15) is 5.10 Å². The van der Waals surface area contributed by atoms with Gasteiger partial charge in [0.25, 0.3) is 5.91 Å². The molecule has 26 heavy (non-hydrogen) atoms. The first-order valence-corrected chi connectivity index (χ1v) is 8.60. The summed E-state index contributed by atoms with van der Waals surface area (Å²) in [7, 11) is 1.77. The fourth-order valence-electron chi connectivity index (χ4n) is 2.90. The molecule has 0 bridgehead atoms. The van der Waals surface area contributed by atoms with Crippen molar-refractivity contribution in [3.05, 3.63) is 82.2 Å². The maximum Gasteiger partial charge on any atom is 0.273 e. The summed E-state index contributed by atoms with van der Waals surface area (Å²) >= 11 is 0. The smallest absolute Gasteiger partial charge is 0.273 e. The molecular formula is C22H23N3O. The van der Waals surface area contributed by atoms with Crippen molar-refractivity contribution in [1.29, 1.82) is 0 Å². The van der Waals surface area contributed by atoms with Crippen LogP contribution < -0.4 is 5.32 Å². The molecule has 4 nitrogen and oxygen atoms in total. The third kappa shape index (κ3) is 3.91. The molecule has 0 atom stereocenters. The highest BCUT2D eigenvalue weighted by molar-refractivity contribution is 6.03. The molecule has 0 saturated carbocycles. The summed E-state index contributed by atoms with van der Waals surface area (Å²) in [5.74, 6) is -0.153. The molecule has 0 saturated heterocycles. The number of amides is 1. The standard InChI is InChI=1S/C22H23N3O/c1-15-7-5-6-8-19(15)11-9-18-10-12-20(16(2)13-18)23-22(26)21-14-17(3)24-25(21)4/h5-14H,1-4H3,(H,23,26). The van der Waals surface area contributed by atoms with Crippen LogP contribution >= 0.6 is 0 Å². The van der Waals surface area contributed by atoms with Crippen molar-refractivity contribution in [3.8, 4) is 0 Å². The third-order valence-electron chi connectivity index (χ3n) is 4.38. The van der Waals surface area contributed by atoms with Gasteiger partial charge in [0.05, 0.1) is 5.69 Å². The molecule has 0 fully saturated rings. The van der Waals surface area contributed by atoms with Gasteiger partial charge < -0.3 is 5.32 Å². The van der Waals surface area contributed by atoms with Crippen LogP contribution in [0.4, 0.5) is 5.69 Å². The molecule has 3 aromatic rings. The van der Waals surface area contributed by atoms with Gasteiger partial charge in [-0.3, -0.25) is 9.48 Å². The summed E-state index contributed by atoms with van der Waals surface area (Å²) in [6.45, 7) is 5.97. The lowest BCUT2D eigenvalue weighted by Crippen LogP contribution is -2.16. The van der Waals surface area contributed by atoms with Gasteiger partial charge in [-0.15, -0.1) is 0 Å². The quantitative estimate of drug-likeness (QED) is 0.693. The van der Waals surface area contributed by atoms with E-state index in [2.05, 4.69) is 47.7 Å². The van der Waals surface area contributed by atoms with Gasteiger partial charge >= 0.3 is 0 Å². The minimum Gasteiger partial charge on any atom is -0.320 e. The highest BCUT2D eigenvalue weighted by atomic mass is 16.2. The van der Waals surface area contributed by atoms with E-state index in [9.17, 15) is 4.79 Å². The summed E-state index contributed by atoms with van der Waals surface area (Å²) < 4.78 is 1.60. The maximum absolute atomic E-state index is 12.4. The fourth-order valence-corrected chi connectivity index (χ4v) is 2.90. The summed E-state index contributed by atoms with van der Waals surface area (Å²) in [6.07, 6.45) is 4.20. The molecule has 2 aromatic carbocycles. The van der Waals surface area contributed by atoms with E-state index in [1.165, 1.54) is 11.1 Å². The highest BCUT2D eigenvalue weighted by Crippen LogP contribution is 2.20. The van der Waals surface area contributed by atoms with Crippen LogP contribution in [-0.2, 0) is 7.05 Å². The van der Waals surface area contributed by atoms with Crippen molar-refractivity contribution in [2.75, 3.05) is 5.32 Å². The van der Waals surface area contributed by atoms with Gasteiger partial charge in [-0.05, 0) is 61.2 Å².